The average Bonchev–Trinajstić information content (AvgIpc) is 3.03. The molecule has 0 bridgehead atoms. The molecule has 0 spiro atoms. The lowest BCUT2D eigenvalue weighted by atomic mass is 10.0. The number of amides is 2. The number of para-hydroxylation sites is 2. The van der Waals surface area contributed by atoms with E-state index in [2.05, 4.69) is 5.32 Å². The van der Waals surface area contributed by atoms with Gasteiger partial charge in [-0.25, -0.2) is 8.42 Å². The molecule has 0 aliphatic rings. The number of hydrogen-bond acceptors (Lipinski definition) is 5. The highest BCUT2D eigenvalue weighted by molar-refractivity contribution is 7.92. The van der Waals surface area contributed by atoms with Gasteiger partial charge in [-0.2, -0.15) is 0 Å². The van der Waals surface area contributed by atoms with Crippen molar-refractivity contribution in [2.45, 2.75) is 37.8 Å². The fraction of sp³-hybridized carbons (Fsp3) is 0.235. The second kappa shape index (κ2) is 15.3. The van der Waals surface area contributed by atoms with Gasteiger partial charge >= 0.3 is 0 Å². The molecule has 0 heterocycles. The molecule has 4 aromatic carbocycles. The normalized spacial score (nSPS) is 11.8. The molecule has 0 aliphatic heterocycles. The standard InChI is InChI=1S/C34H35Cl2N3O5S/c1-4-44-32-13-9-8-12-30(32)39(45(42,43)28-18-14-24(2)15-19-28)23-33(40)38(22-26-16-17-27(35)21-29(26)36)31(34(41)37-3)20-25-10-6-5-7-11-25/h5-19,21,31H,4,20,22-23H2,1-3H3,(H,37,41). The summed E-state index contributed by atoms with van der Waals surface area (Å²) in [6, 6.07) is 26.2. The van der Waals surface area contributed by atoms with E-state index in [1.807, 2.05) is 37.3 Å². The van der Waals surface area contributed by atoms with Crippen molar-refractivity contribution < 1.29 is 22.7 Å². The van der Waals surface area contributed by atoms with Crippen LogP contribution in [0.2, 0.25) is 10.0 Å². The van der Waals surface area contributed by atoms with Crippen LogP contribution in [0.25, 0.3) is 0 Å². The molecule has 1 unspecified atom stereocenters. The van der Waals surface area contributed by atoms with Crippen molar-refractivity contribution in [2.24, 2.45) is 0 Å². The summed E-state index contributed by atoms with van der Waals surface area (Å²) in [6.45, 7) is 3.23. The van der Waals surface area contributed by atoms with Gasteiger partial charge in [0.2, 0.25) is 11.8 Å². The number of anilines is 1. The van der Waals surface area contributed by atoms with E-state index in [1.165, 1.54) is 24.1 Å². The second-order valence-corrected chi connectivity index (χ2v) is 13.0. The van der Waals surface area contributed by atoms with Crippen LogP contribution in [0.3, 0.4) is 0 Å². The molecular formula is C34H35Cl2N3O5S. The largest absolute Gasteiger partial charge is 0.492 e. The number of carbonyl (C=O) groups is 2. The van der Waals surface area contributed by atoms with Gasteiger partial charge in [0, 0.05) is 30.1 Å². The Morgan fingerprint density at radius 1 is 0.911 bits per heavy atom. The number of benzene rings is 4. The number of sulfonamides is 1. The van der Waals surface area contributed by atoms with Crippen molar-refractivity contribution in [3.05, 3.63) is 124 Å². The van der Waals surface area contributed by atoms with Gasteiger partial charge in [-0.15, -0.1) is 0 Å². The summed E-state index contributed by atoms with van der Waals surface area (Å²) < 4.78 is 35.3. The third-order valence-corrected chi connectivity index (χ3v) is 9.56. The summed E-state index contributed by atoms with van der Waals surface area (Å²) in [5.74, 6) is -0.740. The molecule has 2 amide bonds. The Labute approximate surface area is 274 Å². The van der Waals surface area contributed by atoms with Gasteiger partial charge in [-0.1, -0.05) is 89.4 Å². The minimum atomic E-state index is -4.28. The van der Waals surface area contributed by atoms with Crippen molar-refractivity contribution in [1.82, 2.24) is 10.2 Å². The molecule has 1 atom stereocenters. The summed E-state index contributed by atoms with van der Waals surface area (Å²) in [5, 5.41) is 3.38. The highest BCUT2D eigenvalue weighted by Crippen LogP contribution is 2.33. The SMILES string of the molecule is CCOc1ccccc1N(CC(=O)N(Cc1ccc(Cl)cc1Cl)C(Cc1ccccc1)C(=O)NC)S(=O)(=O)c1ccc(C)cc1. The first-order valence-corrected chi connectivity index (χ1v) is 16.5. The summed E-state index contributed by atoms with van der Waals surface area (Å²) in [5.41, 5.74) is 2.43. The summed E-state index contributed by atoms with van der Waals surface area (Å²) in [7, 11) is -2.78. The maximum absolute atomic E-state index is 14.5. The van der Waals surface area contributed by atoms with Crippen LogP contribution in [0.1, 0.15) is 23.6 Å². The lowest BCUT2D eigenvalue weighted by Crippen LogP contribution is -2.53. The maximum Gasteiger partial charge on any atom is 0.264 e. The maximum atomic E-state index is 14.5. The van der Waals surface area contributed by atoms with Gasteiger partial charge in [-0.3, -0.25) is 13.9 Å². The molecule has 0 aliphatic carbocycles. The molecule has 236 valence electrons. The summed E-state index contributed by atoms with van der Waals surface area (Å²) >= 11 is 12.7. The van der Waals surface area contributed by atoms with Crippen molar-refractivity contribution in [2.75, 3.05) is 24.5 Å². The molecule has 4 rings (SSSR count). The average molecular weight is 669 g/mol. The number of nitrogens with one attached hydrogen (secondary N) is 1. The molecule has 45 heavy (non-hydrogen) atoms. The van der Waals surface area contributed by atoms with E-state index in [1.54, 1.807) is 61.5 Å². The van der Waals surface area contributed by atoms with E-state index in [9.17, 15) is 18.0 Å². The van der Waals surface area contributed by atoms with E-state index in [-0.39, 0.29) is 30.2 Å². The molecule has 0 radical (unpaired) electrons. The number of ether oxygens (including phenoxy) is 1. The molecule has 0 saturated heterocycles. The summed E-state index contributed by atoms with van der Waals surface area (Å²) in [6.07, 6.45) is 0.178. The zero-order valence-electron chi connectivity index (χ0n) is 25.2. The van der Waals surface area contributed by atoms with Crippen LogP contribution in [0.5, 0.6) is 5.75 Å². The monoisotopic (exact) mass is 667 g/mol. The quantitative estimate of drug-likeness (QED) is 0.181. The summed E-state index contributed by atoms with van der Waals surface area (Å²) in [4.78, 5) is 29.3. The predicted octanol–water partition coefficient (Wildman–Crippen LogP) is 6.28. The van der Waals surface area contributed by atoms with Crippen molar-refractivity contribution >= 4 is 50.7 Å². The van der Waals surface area contributed by atoms with Gasteiger partial charge in [-0.05, 0) is 61.4 Å². The third-order valence-electron chi connectivity index (χ3n) is 7.19. The first-order valence-electron chi connectivity index (χ1n) is 14.3. The zero-order valence-corrected chi connectivity index (χ0v) is 27.6. The third kappa shape index (κ3) is 8.36. The predicted molar refractivity (Wildman–Crippen MR) is 178 cm³/mol. The first-order chi connectivity index (χ1) is 21.5. The van der Waals surface area contributed by atoms with Gasteiger partial charge in [0.25, 0.3) is 10.0 Å². The van der Waals surface area contributed by atoms with Crippen LogP contribution in [-0.4, -0.2) is 51.4 Å². The topological polar surface area (TPSA) is 96.0 Å². The van der Waals surface area contributed by atoms with Gasteiger partial charge in [0.15, 0.2) is 0 Å². The number of halogens is 2. The fourth-order valence-electron chi connectivity index (χ4n) is 4.85. The van der Waals surface area contributed by atoms with E-state index in [4.69, 9.17) is 27.9 Å². The van der Waals surface area contributed by atoms with Crippen LogP contribution in [0.4, 0.5) is 5.69 Å². The van der Waals surface area contributed by atoms with Crippen LogP contribution in [0.15, 0.2) is 102 Å². The van der Waals surface area contributed by atoms with Crippen LogP contribution in [0, 0.1) is 6.92 Å². The first kappa shape index (κ1) is 33.8. The zero-order chi connectivity index (χ0) is 32.6. The number of likely N-dealkylation sites (N-methyl/N-ethyl adjacent to an activating group) is 1. The fourth-order valence-corrected chi connectivity index (χ4v) is 6.74. The van der Waals surface area contributed by atoms with E-state index in [0.29, 0.717) is 21.4 Å². The van der Waals surface area contributed by atoms with Crippen molar-refractivity contribution in [3.63, 3.8) is 0 Å². The van der Waals surface area contributed by atoms with Gasteiger partial charge in [0.05, 0.1) is 17.2 Å². The Bertz CT molecular complexity index is 1730. The molecule has 4 aromatic rings. The highest BCUT2D eigenvalue weighted by Gasteiger charge is 2.35. The Hall–Kier alpha value is -4.05. The molecule has 8 nitrogen and oxygen atoms in total. The lowest BCUT2D eigenvalue weighted by molar-refractivity contribution is -0.139. The number of aryl methyl sites for hydroxylation is 1. The number of carbonyl (C=O) groups excluding carboxylic acids is 2. The van der Waals surface area contributed by atoms with Gasteiger partial charge < -0.3 is 15.0 Å². The molecule has 0 aromatic heterocycles. The number of hydrogen-bond donors (Lipinski definition) is 1. The lowest BCUT2D eigenvalue weighted by Gasteiger charge is -2.34. The van der Waals surface area contributed by atoms with E-state index < -0.39 is 34.4 Å². The molecule has 0 fully saturated rings. The molecule has 1 N–H and O–H groups in total. The van der Waals surface area contributed by atoms with Crippen LogP contribution in [-0.2, 0) is 32.6 Å². The number of nitrogens with zero attached hydrogens (tertiary/aromatic N) is 2. The minimum Gasteiger partial charge on any atom is -0.492 e. The molecule has 0 saturated carbocycles. The highest BCUT2D eigenvalue weighted by atomic mass is 35.5. The van der Waals surface area contributed by atoms with Crippen LogP contribution < -0.4 is 14.4 Å². The van der Waals surface area contributed by atoms with Crippen molar-refractivity contribution in [1.29, 1.82) is 0 Å². The smallest absolute Gasteiger partial charge is 0.264 e. The Morgan fingerprint density at radius 3 is 2.22 bits per heavy atom. The van der Waals surface area contributed by atoms with Gasteiger partial charge in [0.1, 0.15) is 18.3 Å². The Balaban J connectivity index is 1.84. The Kier molecular flexibility index (Phi) is 11.5. The van der Waals surface area contributed by atoms with E-state index in [0.717, 1.165) is 15.4 Å². The molecular weight excluding hydrogens is 633 g/mol. The van der Waals surface area contributed by atoms with Crippen LogP contribution >= 0.6 is 23.2 Å². The van der Waals surface area contributed by atoms with Crippen molar-refractivity contribution in [3.8, 4) is 5.75 Å². The second-order valence-electron chi connectivity index (χ2n) is 10.3. The Morgan fingerprint density at radius 2 is 1.58 bits per heavy atom. The molecule has 11 heteroatoms. The number of rotatable bonds is 13. The van der Waals surface area contributed by atoms with E-state index >= 15 is 0 Å². The minimum absolute atomic E-state index is 0.00614.